The number of benzene rings is 1. The number of nitrogens with zero attached hydrogens (tertiary/aromatic N) is 2. The van der Waals surface area contributed by atoms with Crippen LogP contribution in [0.15, 0.2) is 34.1 Å². The smallest absolute Gasteiger partial charge is 0.128 e. The van der Waals surface area contributed by atoms with E-state index >= 15 is 0 Å². The van der Waals surface area contributed by atoms with E-state index in [0.29, 0.717) is 5.02 Å². The van der Waals surface area contributed by atoms with Crippen LogP contribution in [0.3, 0.4) is 0 Å². The van der Waals surface area contributed by atoms with Crippen molar-refractivity contribution in [2.45, 2.75) is 18.8 Å². The second kappa shape index (κ2) is 5.68. The van der Waals surface area contributed by atoms with Crippen molar-refractivity contribution in [3.05, 3.63) is 49.8 Å². The molecule has 0 amide bonds. The van der Waals surface area contributed by atoms with Crippen molar-refractivity contribution in [2.75, 3.05) is 0 Å². The lowest BCUT2D eigenvalue weighted by Gasteiger charge is -2.09. The molecule has 1 unspecified atom stereocenters. The molecule has 2 heterocycles. The number of rotatable bonds is 3. The van der Waals surface area contributed by atoms with Gasteiger partial charge in [-0.15, -0.1) is 22.9 Å². The monoisotopic (exact) mass is 388 g/mol. The van der Waals surface area contributed by atoms with Gasteiger partial charge in [0.05, 0.1) is 22.5 Å². The minimum Gasteiger partial charge on any atom is -0.321 e. The van der Waals surface area contributed by atoms with E-state index in [4.69, 9.17) is 23.2 Å². The summed E-state index contributed by atoms with van der Waals surface area (Å²) in [5.74, 6) is 0.843. The lowest BCUT2D eigenvalue weighted by Crippen LogP contribution is -2.05. The number of imidazole rings is 1. The van der Waals surface area contributed by atoms with Crippen molar-refractivity contribution in [3.63, 3.8) is 0 Å². The number of thiophene rings is 1. The van der Waals surface area contributed by atoms with Gasteiger partial charge in [0.1, 0.15) is 11.3 Å². The molecular formula is C14H11BrCl2N2S. The molecule has 0 radical (unpaired) electrons. The van der Waals surface area contributed by atoms with Crippen LogP contribution in [-0.2, 0) is 6.54 Å². The van der Waals surface area contributed by atoms with Gasteiger partial charge in [0.25, 0.3) is 0 Å². The largest absolute Gasteiger partial charge is 0.321 e. The molecule has 0 aliphatic rings. The Morgan fingerprint density at radius 2 is 2.20 bits per heavy atom. The van der Waals surface area contributed by atoms with Crippen LogP contribution < -0.4 is 0 Å². The van der Waals surface area contributed by atoms with Crippen molar-refractivity contribution in [3.8, 4) is 0 Å². The summed E-state index contributed by atoms with van der Waals surface area (Å²) >= 11 is 17.8. The Labute approximate surface area is 139 Å². The summed E-state index contributed by atoms with van der Waals surface area (Å²) in [7, 11) is 0. The van der Waals surface area contributed by atoms with E-state index in [2.05, 4.69) is 36.9 Å². The van der Waals surface area contributed by atoms with Crippen molar-refractivity contribution in [2.24, 2.45) is 0 Å². The molecule has 104 valence electrons. The minimum absolute atomic E-state index is 0.169. The fourth-order valence-corrected chi connectivity index (χ4v) is 4.03. The Balaban J connectivity index is 2.19. The molecule has 3 rings (SSSR count). The van der Waals surface area contributed by atoms with Gasteiger partial charge in [-0.25, -0.2) is 4.98 Å². The number of para-hydroxylation sites is 1. The first kappa shape index (κ1) is 14.4. The zero-order chi connectivity index (χ0) is 14.3. The molecule has 0 saturated heterocycles. The van der Waals surface area contributed by atoms with Crippen LogP contribution in [-0.4, -0.2) is 9.55 Å². The molecule has 2 nitrogen and oxygen atoms in total. The third-order valence-electron chi connectivity index (χ3n) is 3.11. The predicted molar refractivity (Wildman–Crippen MR) is 90.1 cm³/mol. The van der Waals surface area contributed by atoms with Gasteiger partial charge in [0.15, 0.2) is 0 Å². The molecule has 0 saturated carbocycles. The van der Waals surface area contributed by atoms with Crippen LogP contribution in [0.4, 0.5) is 0 Å². The summed E-state index contributed by atoms with van der Waals surface area (Å²) in [4.78, 5) is 5.85. The number of fused-ring (bicyclic) bond motifs is 1. The average molecular weight is 390 g/mol. The van der Waals surface area contributed by atoms with E-state index in [-0.39, 0.29) is 5.38 Å². The molecule has 0 N–H and O–H groups in total. The second-order valence-corrected chi connectivity index (χ2v) is 7.39. The zero-order valence-corrected chi connectivity index (χ0v) is 14.5. The molecule has 0 fully saturated rings. The lowest BCUT2D eigenvalue weighted by molar-refractivity contribution is 0.749. The Hall–Kier alpha value is -0.550. The fraction of sp³-hybridized carbons (Fsp3) is 0.214. The second-order valence-electron chi connectivity index (χ2n) is 4.47. The SMILES string of the molecule is CC(Cl)c1nc2c(Cl)cccc2n1Cc1sccc1Br. The highest BCUT2D eigenvalue weighted by Gasteiger charge is 2.17. The lowest BCUT2D eigenvalue weighted by atomic mass is 10.3. The molecule has 20 heavy (non-hydrogen) atoms. The molecule has 0 bridgehead atoms. The first-order valence-electron chi connectivity index (χ1n) is 6.08. The highest BCUT2D eigenvalue weighted by Crippen LogP contribution is 2.31. The maximum absolute atomic E-state index is 6.28. The van der Waals surface area contributed by atoms with Crippen molar-refractivity contribution < 1.29 is 0 Å². The van der Waals surface area contributed by atoms with E-state index in [1.165, 1.54) is 4.88 Å². The molecule has 0 aliphatic carbocycles. The number of alkyl halides is 1. The van der Waals surface area contributed by atoms with Gasteiger partial charge in [0.2, 0.25) is 0 Å². The van der Waals surface area contributed by atoms with Gasteiger partial charge in [-0.2, -0.15) is 0 Å². The van der Waals surface area contributed by atoms with Crippen LogP contribution in [0, 0.1) is 0 Å². The van der Waals surface area contributed by atoms with Gasteiger partial charge in [-0.1, -0.05) is 17.7 Å². The Kier molecular flexibility index (Phi) is 4.09. The van der Waals surface area contributed by atoms with Crippen LogP contribution >= 0.6 is 50.5 Å². The Morgan fingerprint density at radius 1 is 1.40 bits per heavy atom. The van der Waals surface area contributed by atoms with E-state index in [0.717, 1.165) is 27.9 Å². The summed E-state index contributed by atoms with van der Waals surface area (Å²) in [5, 5.41) is 2.55. The molecule has 1 atom stereocenters. The van der Waals surface area contributed by atoms with Crippen LogP contribution in [0.5, 0.6) is 0 Å². The number of hydrogen-bond acceptors (Lipinski definition) is 2. The van der Waals surface area contributed by atoms with Crippen molar-refractivity contribution in [1.29, 1.82) is 0 Å². The van der Waals surface area contributed by atoms with Gasteiger partial charge < -0.3 is 4.57 Å². The first-order valence-corrected chi connectivity index (χ1v) is 8.57. The third-order valence-corrected chi connectivity index (χ3v) is 5.52. The molecule has 0 aliphatic heterocycles. The third kappa shape index (κ3) is 2.50. The quantitative estimate of drug-likeness (QED) is 0.512. The molecular weight excluding hydrogens is 379 g/mol. The first-order chi connectivity index (χ1) is 9.58. The summed E-state index contributed by atoms with van der Waals surface area (Å²) in [6, 6.07) is 7.87. The predicted octanol–water partition coefficient (Wildman–Crippen LogP) is 5.86. The van der Waals surface area contributed by atoms with Crippen molar-refractivity contribution >= 4 is 61.5 Å². The molecule has 1 aromatic carbocycles. The van der Waals surface area contributed by atoms with Gasteiger partial charge in [-0.3, -0.25) is 0 Å². The van der Waals surface area contributed by atoms with E-state index in [9.17, 15) is 0 Å². The van der Waals surface area contributed by atoms with Crippen molar-refractivity contribution in [1.82, 2.24) is 9.55 Å². The van der Waals surface area contributed by atoms with Gasteiger partial charge in [0, 0.05) is 9.35 Å². The normalized spacial score (nSPS) is 13.0. The molecule has 0 spiro atoms. The number of halogens is 3. The van der Waals surface area contributed by atoms with Crippen LogP contribution in [0.2, 0.25) is 5.02 Å². The highest BCUT2D eigenvalue weighted by molar-refractivity contribution is 9.10. The van der Waals surface area contributed by atoms with Crippen LogP contribution in [0.1, 0.15) is 23.0 Å². The zero-order valence-electron chi connectivity index (χ0n) is 10.6. The highest BCUT2D eigenvalue weighted by atomic mass is 79.9. The van der Waals surface area contributed by atoms with Crippen LogP contribution in [0.25, 0.3) is 11.0 Å². The van der Waals surface area contributed by atoms with Gasteiger partial charge >= 0.3 is 0 Å². The maximum atomic E-state index is 6.28. The molecule has 6 heteroatoms. The van der Waals surface area contributed by atoms with E-state index < -0.39 is 0 Å². The Morgan fingerprint density at radius 3 is 2.85 bits per heavy atom. The minimum atomic E-state index is -0.169. The number of hydrogen-bond donors (Lipinski definition) is 0. The molecule has 3 aromatic rings. The van der Waals surface area contributed by atoms with E-state index in [1.54, 1.807) is 11.3 Å². The Bertz CT molecular complexity index is 764. The summed E-state index contributed by atoms with van der Waals surface area (Å²) in [5.41, 5.74) is 1.82. The van der Waals surface area contributed by atoms with Gasteiger partial charge in [-0.05, 0) is 46.4 Å². The summed E-state index contributed by atoms with van der Waals surface area (Å²) in [6.45, 7) is 2.66. The standard InChI is InChI=1S/C14H11BrCl2N2S/c1-8(16)14-18-13-10(17)3-2-4-11(13)19(14)7-12-9(15)5-6-20-12/h2-6,8H,7H2,1H3. The average Bonchev–Trinajstić information content (AvgIpc) is 2.96. The fourth-order valence-electron chi connectivity index (χ4n) is 2.18. The maximum Gasteiger partial charge on any atom is 0.128 e. The summed E-state index contributed by atoms with van der Waals surface area (Å²) < 4.78 is 3.25. The number of aromatic nitrogens is 2. The topological polar surface area (TPSA) is 17.8 Å². The molecule has 2 aromatic heterocycles. The van der Waals surface area contributed by atoms with E-state index in [1.807, 2.05) is 25.1 Å². The summed E-state index contributed by atoms with van der Waals surface area (Å²) in [6.07, 6.45) is 0.